The van der Waals surface area contributed by atoms with Crippen molar-refractivity contribution in [3.8, 4) is 0 Å². The average Bonchev–Trinajstić information content (AvgIpc) is 2.94. The second-order valence-electron chi connectivity index (χ2n) is 4.03. The molecule has 0 unspecified atom stereocenters. The number of carbonyl (C=O) groups is 2. The number of carbonyl (C=O) groups excluding carboxylic acids is 2. The molecule has 0 atom stereocenters. The van der Waals surface area contributed by atoms with Crippen molar-refractivity contribution in [3.05, 3.63) is 56.7 Å². The Morgan fingerprint density at radius 2 is 1.70 bits per heavy atom. The van der Waals surface area contributed by atoms with E-state index in [1.165, 1.54) is 11.3 Å². The van der Waals surface area contributed by atoms with Gasteiger partial charge in [0.2, 0.25) is 0 Å². The van der Waals surface area contributed by atoms with E-state index in [1.54, 1.807) is 30.3 Å². The molecule has 0 spiro atoms. The van der Waals surface area contributed by atoms with E-state index in [4.69, 9.17) is 11.6 Å². The van der Waals surface area contributed by atoms with Crippen molar-refractivity contribution < 1.29 is 9.59 Å². The molecule has 2 rings (SSSR count). The van der Waals surface area contributed by atoms with Gasteiger partial charge in [-0.3, -0.25) is 20.4 Å². The lowest BCUT2D eigenvalue weighted by atomic mass is 10.2. The molecule has 1 aromatic carbocycles. The number of thiophene rings is 1. The first kappa shape index (κ1) is 14.6. The van der Waals surface area contributed by atoms with E-state index in [1.807, 2.05) is 13.0 Å². The van der Waals surface area contributed by atoms with Gasteiger partial charge in [0.15, 0.2) is 0 Å². The van der Waals surface area contributed by atoms with Crippen molar-refractivity contribution in [1.29, 1.82) is 0 Å². The second kappa shape index (κ2) is 6.54. The van der Waals surface area contributed by atoms with Gasteiger partial charge in [-0.2, -0.15) is 0 Å². The van der Waals surface area contributed by atoms with Crippen LogP contribution in [0.15, 0.2) is 36.4 Å². The molecule has 6 heteroatoms. The van der Waals surface area contributed by atoms with Crippen LogP contribution in [-0.2, 0) is 6.42 Å². The third kappa shape index (κ3) is 3.59. The quantitative estimate of drug-likeness (QED) is 0.856. The fourth-order valence-electron chi connectivity index (χ4n) is 1.54. The SMILES string of the molecule is CCc1ccc(C(=O)NNC(=O)c2ccc(Cl)cc2)s1. The summed E-state index contributed by atoms with van der Waals surface area (Å²) in [6.45, 7) is 2.02. The van der Waals surface area contributed by atoms with E-state index in [0.717, 1.165) is 11.3 Å². The van der Waals surface area contributed by atoms with Crippen LogP contribution in [0.25, 0.3) is 0 Å². The molecule has 0 radical (unpaired) electrons. The van der Waals surface area contributed by atoms with Crippen LogP contribution in [0.1, 0.15) is 31.8 Å². The van der Waals surface area contributed by atoms with E-state index < -0.39 is 0 Å². The highest BCUT2D eigenvalue weighted by molar-refractivity contribution is 7.14. The highest BCUT2D eigenvalue weighted by atomic mass is 35.5. The Morgan fingerprint density at radius 1 is 1.05 bits per heavy atom. The summed E-state index contributed by atoms with van der Waals surface area (Å²) in [6.07, 6.45) is 0.884. The molecule has 0 aliphatic heterocycles. The maximum absolute atomic E-state index is 11.8. The van der Waals surface area contributed by atoms with Crippen molar-refractivity contribution in [3.63, 3.8) is 0 Å². The number of nitrogens with one attached hydrogen (secondary N) is 2. The monoisotopic (exact) mass is 308 g/mol. The average molecular weight is 309 g/mol. The van der Waals surface area contributed by atoms with E-state index in [-0.39, 0.29) is 11.8 Å². The second-order valence-corrected chi connectivity index (χ2v) is 5.64. The Morgan fingerprint density at radius 3 is 2.30 bits per heavy atom. The van der Waals surface area contributed by atoms with Crippen LogP contribution in [0.3, 0.4) is 0 Å². The summed E-state index contributed by atoms with van der Waals surface area (Å²) in [6, 6.07) is 10.1. The van der Waals surface area contributed by atoms with Crippen LogP contribution in [0.5, 0.6) is 0 Å². The molecule has 20 heavy (non-hydrogen) atoms. The summed E-state index contributed by atoms with van der Waals surface area (Å²) in [4.78, 5) is 25.3. The molecule has 0 aliphatic rings. The van der Waals surface area contributed by atoms with E-state index in [9.17, 15) is 9.59 Å². The smallest absolute Gasteiger partial charge is 0.267 e. The first-order valence-electron chi connectivity index (χ1n) is 6.05. The van der Waals surface area contributed by atoms with Crippen LogP contribution < -0.4 is 10.9 Å². The molecule has 1 aromatic heterocycles. The van der Waals surface area contributed by atoms with Crippen LogP contribution in [-0.4, -0.2) is 11.8 Å². The van der Waals surface area contributed by atoms with Gasteiger partial charge >= 0.3 is 0 Å². The fraction of sp³-hybridized carbons (Fsp3) is 0.143. The molecular weight excluding hydrogens is 296 g/mol. The largest absolute Gasteiger partial charge is 0.279 e. The molecule has 0 fully saturated rings. The van der Waals surface area contributed by atoms with E-state index in [0.29, 0.717) is 15.5 Å². The molecule has 104 valence electrons. The standard InChI is InChI=1S/C14H13ClN2O2S/c1-2-11-7-8-12(20-11)14(19)17-16-13(18)9-3-5-10(15)6-4-9/h3-8H,2H2,1H3,(H,16,18)(H,17,19). The Labute approximate surface area is 125 Å². The van der Waals surface area contributed by atoms with E-state index in [2.05, 4.69) is 10.9 Å². The third-order valence-electron chi connectivity index (χ3n) is 2.63. The predicted molar refractivity (Wildman–Crippen MR) is 80.1 cm³/mol. The molecule has 4 nitrogen and oxygen atoms in total. The lowest BCUT2D eigenvalue weighted by Gasteiger charge is -2.06. The summed E-state index contributed by atoms with van der Waals surface area (Å²) in [5, 5.41) is 0.552. The minimum atomic E-state index is -0.387. The maximum atomic E-state index is 11.8. The Balaban J connectivity index is 1.93. The zero-order valence-electron chi connectivity index (χ0n) is 10.8. The summed E-state index contributed by atoms with van der Waals surface area (Å²) >= 11 is 7.15. The van der Waals surface area contributed by atoms with Gasteiger partial charge in [-0.1, -0.05) is 18.5 Å². The number of amides is 2. The van der Waals surface area contributed by atoms with Crippen molar-refractivity contribution in [1.82, 2.24) is 10.9 Å². The van der Waals surface area contributed by atoms with Gasteiger partial charge < -0.3 is 0 Å². The first-order chi connectivity index (χ1) is 9.60. The number of benzene rings is 1. The molecular formula is C14H13ClN2O2S. The van der Waals surface area contributed by atoms with Gasteiger partial charge in [0, 0.05) is 15.5 Å². The number of aryl methyl sites for hydroxylation is 1. The van der Waals surface area contributed by atoms with Gasteiger partial charge in [-0.15, -0.1) is 11.3 Å². The van der Waals surface area contributed by atoms with Crippen molar-refractivity contribution in [2.24, 2.45) is 0 Å². The molecule has 2 amide bonds. The summed E-state index contributed by atoms with van der Waals surface area (Å²) in [7, 11) is 0. The predicted octanol–water partition coefficient (Wildman–Crippen LogP) is 3.04. The summed E-state index contributed by atoms with van der Waals surface area (Å²) in [5.74, 6) is -0.709. The highest BCUT2D eigenvalue weighted by Crippen LogP contribution is 2.16. The topological polar surface area (TPSA) is 58.2 Å². The first-order valence-corrected chi connectivity index (χ1v) is 7.24. The van der Waals surface area contributed by atoms with Gasteiger partial charge in [-0.25, -0.2) is 0 Å². The molecule has 0 saturated carbocycles. The summed E-state index contributed by atoms with van der Waals surface area (Å²) in [5.41, 5.74) is 5.18. The highest BCUT2D eigenvalue weighted by Gasteiger charge is 2.10. The number of hydrogen-bond donors (Lipinski definition) is 2. The number of halogens is 1. The van der Waals surface area contributed by atoms with Gasteiger partial charge in [0.05, 0.1) is 4.88 Å². The minimum absolute atomic E-state index is 0.322. The van der Waals surface area contributed by atoms with Crippen molar-refractivity contribution >= 4 is 34.8 Å². The minimum Gasteiger partial charge on any atom is -0.267 e. The summed E-state index contributed by atoms with van der Waals surface area (Å²) < 4.78 is 0. The van der Waals surface area contributed by atoms with Crippen molar-refractivity contribution in [2.75, 3.05) is 0 Å². The number of hydrazine groups is 1. The number of rotatable bonds is 3. The van der Waals surface area contributed by atoms with Crippen LogP contribution in [0, 0.1) is 0 Å². The maximum Gasteiger partial charge on any atom is 0.279 e. The Hall–Kier alpha value is -1.85. The van der Waals surface area contributed by atoms with Gasteiger partial charge in [0.1, 0.15) is 0 Å². The molecule has 2 N–H and O–H groups in total. The molecule has 0 saturated heterocycles. The Bertz CT molecular complexity index is 622. The van der Waals surface area contributed by atoms with Crippen LogP contribution in [0.2, 0.25) is 5.02 Å². The molecule has 1 heterocycles. The lowest BCUT2D eigenvalue weighted by Crippen LogP contribution is -2.41. The lowest BCUT2D eigenvalue weighted by molar-refractivity contribution is 0.0849. The molecule has 0 aliphatic carbocycles. The zero-order chi connectivity index (χ0) is 14.5. The molecule has 0 bridgehead atoms. The molecule has 2 aromatic rings. The van der Waals surface area contributed by atoms with Gasteiger partial charge in [-0.05, 0) is 42.8 Å². The van der Waals surface area contributed by atoms with Gasteiger partial charge in [0.25, 0.3) is 11.8 Å². The fourth-order valence-corrected chi connectivity index (χ4v) is 2.51. The van der Waals surface area contributed by atoms with Crippen LogP contribution >= 0.6 is 22.9 Å². The van der Waals surface area contributed by atoms with E-state index >= 15 is 0 Å². The zero-order valence-corrected chi connectivity index (χ0v) is 12.3. The third-order valence-corrected chi connectivity index (χ3v) is 4.11. The van der Waals surface area contributed by atoms with Crippen LogP contribution in [0.4, 0.5) is 0 Å². The van der Waals surface area contributed by atoms with Crippen molar-refractivity contribution in [2.45, 2.75) is 13.3 Å². The number of hydrogen-bond acceptors (Lipinski definition) is 3. The normalized spacial score (nSPS) is 10.1. The Kier molecular flexibility index (Phi) is 4.76.